The molecular weight excluding hydrogens is 384 g/mol. The summed E-state index contributed by atoms with van der Waals surface area (Å²) in [7, 11) is 0. The molecule has 0 saturated heterocycles. The van der Waals surface area contributed by atoms with Crippen LogP contribution in [0.3, 0.4) is 0 Å². The van der Waals surface area contributed by atoms with Crippen molar-refractivity contribution in [3.63, 3.8) is 0 Å². The maximum Gasteiger partial charge on any atom is 0.269 e. The van der Waals surface area contributed by atoms with Gasteiger partial charge in [0, 0.05) is 35.1 Å². The summed E-state index contributed by atoms with van der Waals surface area (Å²) < 4.78 is 5.23. The van der Waals surface area contributed by atoms with Crippen LogP contribution < -0.4 is 5.32 Å². The van der Waals surface area contributed by atoms with Crippen LogP contribution in [0.5, 0.6) is 0 Å². The van der Waals surface area contributed by atoms with Gasteiger partial charge in [-0.05, 0) is 43.3 Å². The van der Waals surface area contributed by atoms with Gasteiger partial charge < -0.3 is 9.84 Å². The molecule has 0 fully saturated rings. The highest BCUT2D eigenvalue weighted by atomic mass is 35.5. The third-order valence-corrected chi connectivity index (χ3v) is 4.03. The fourth-order valence-electron chi connectivity index (χ4n) is 2.37. The number of nitro groups is 1. The van der Waals surface area contributed by atoms with E-state index in [1.54, 1.807) is 37.3 Å². The van der Waals surface area contributed by atoms with E-state index in [2.05, 4.69) is 15.5 Å². The number of carbonyl (C=O) groups excluding carboxylic acids is 1. The van der Waals surface area contributed by atoms with Crippen LogP contribution in [0.15, 0.2) is 64.1 Å². The molecule has 0 spiro atoms. The topological polar surface area (TPSA) is 111 Å². The Morgan fingerprint density at radius 2 is 1.93 bits per heavy atom. The van der Waals surface area contributed by atoms with Crippen molar-refractivity contribution < 1.29 is 14.2 Å². The number of nitrogens with one attached hydrogen (secondary N) is 1. The van der Waals surface area contributed by atoms with Crippen LogP contribution in [-0.4, -0.2) is 22.2 Å². The normalized spacial score (nSPS) is 12.1. The number of carbonyl (C=O) groups is 1. The molecule has 0 saturated carbocycles. The van der Waals surface area contributed by atoms with Gasteiger partial charge in [-0.3, -0.25) is 19.9 Å². The standard InChI is InChI=1S/C19H15ClN4O4/c1-12-10-18(28-23-12)17(19(25)22-15-4-2-13(20)3-5-15)11-21-14-6-8-16(9-7-14)24(26)27/h2-11,17H,1H3,(H,22,25). The lowest BCUT2D eigenvalue weighted by Crippen LogP contribution is -2.22. The first kappa shape index (κ1) is 19.2. The van der Waals surface area contributed by atoms with E-state index in [1.165, 1.54) is 30.5 Å². The second-order valence-corrected chi connectivity index (χ2v) is 6.33. The van der Waals surface area contributed by atoms with E-state index < -0.39 is 10.8 Å². The first-order valence-corrected chi connectivity index (χ1v) is 8.58. The van der Waals surface area contributed by atoms with Crippen LogP contribution >= 0.6 is 11.6 Å². The van der Waals surface area contributed by atoms with Crippen LogP contribution in [-0.2, 0) is 4.79 Å². The summed E-state index contributed by atoms with van der Waals surface area (Å²) in [4.78, 5) is 27.3. The number of hydrogen-bond acceptors (Lipinski definition) is 6. The van der Waals surface area contributed by atoms with Crippen LogP contribution in [0.2, 0.25) is 5.02 Å². The molecule has 3 rings (SSSR count). The number of benzene rings is 2. The van der Waals surface area contributed by atoms with Gasteiger partial charge in [-0.2, -0.15) is 0 Å². The molecule has 0 aliphatic carbocycles. The number of amides is 1. The quantitative estimate of drug-likeness (QED) is 0.368. The number of nitrogens with zero attached hydrogens (tertiary/aromatic N) is 3. The molecule has 1 atom stereocenters. The lowest BCUT2D eigenvalue weighted by Gasteiger charge is -2.10. The molecule has 0 radical (unpaired) electrons. The summed E-state index contributed by atoms with van der Waals surface area (Å²) in [6.07, 6.45) is 1.41. The Morgan fingerprint density at radius 3 is 2.50 bits per heavy atom. The van der Waals surface area contributed by atoms with Crippen molar-refractivity contribution >= 4 is 40.8 Å². The monoisotopic (exact) mass is 398 g/mol. The zero-order valence-corrected chi connectivity index (χ0v) is 15.5. The number of hydrogen-bond donors (Lipinski definition) is 1. The van der Waals surface area contributed by atoms with E-state index in [9.17, 15) is 14.9 Å². The second kappa shape index (κ2) is 8.45. The average Bonchev–Trinajstić information content (AvgIpc) is 3.10. The number of rotatable bonds is 6. The van der Waals surface area contributed by atoms with Gasteiger partial charge in [-0.25, -0.2) is 0 Å². The second-order valence-electron chi connectivity index (χ2n) is 5.90. The van der Waals surface area contributed by atoms with Crippen molar-refractivity contribution in [1.29, 1.82) is 0 Å². The lowest BCUT2D eigenvalue weighted by atomic mass is 10.1. The zero-order chi connectivity index (χ0) is 20.1. The molecule has 8 nitrogen and oxygen atoms in total. The lowest BCUT2D eigenvalue weighted by molar-refractivity contribution is -0.384. The van der Waals surface area contributed by atoms with Gasteiger partial charge in [0.05, 0.1) is 16.3 Å². The van der Waals surface area contributed by atoms with Crippen LogP contribution in [0, 0.1) is 17.0 Å². The fraction of sp³-hybridized carbons (Fsp3) is 0.105. The van der Waals surface area contributed by atoms with Crippen LogP contribution in [0.4, 0.5) is 17.1 Å². The largest absolute Gasteiger partial charge is 0.360 e. The summed E-state index contributed by atoms with van der Waals surface area (Å²) in [5.41, 5.74) is 1.62. The Hall–Kier alpha value is -3.52. The van der Waals surface area contributed by atoms with Crippen LogP contribution in [0.25, 0.3) is 0 Å². The highest BCUT2D eigenvalue weighted by Crippen LogP contribution is 2.22. The Balaban J connectivity index is 1.83. The van der Waals surface area contributed by atoms with Gasteiger partial charge in [-0.1, -0.05) is 16.8 Å². The molecule has 2 aromatic carbocycles. The number of aromatic nitrogens is 1. The predicted molar refractivity (Wildman–Crippen MR) is 105 cm³/mol. The van der Waals surface area contributed by atoms with Gasteiger partial charge in [0.1, 0.15) is 5.92 Å². The first-order chi connectivity index (χ1) is 13.4. The first-order valence-electron chi connectivity index (χ1n) is 8.20. The molecule has 1 heterocycles. The van der Waals surface area contributed by atoms with E-state index in [-0.39, 0.29) is 11.6 Å². The number of nitro benzene ring substituents is 1. The molecular formula is C19H15ClN4O4. The van der Waals surface area contributed by atoms with Gasteiger partial charge in [0.25, 0.3) is 5.69 Å². The summed E-state index contributed by atoms with van der Waals surface area (Å²) in [5.74, 6) is -0.883. The zero-order valence-electron chi connectivity index (χ0n) is 14.7. The van der Waals surface area contributed by atoms with Gasteiger partial charge in [0.2, 0.25) is 5.91 Å². The number of halogens is 1. The molecule has 142 valence electrons. The van der Waals surface area contributed by atoms with E-state index in [0.29, 0.717) is 27.9 Å². The van der Waals surface area contributed by atoms with E-state index >= 15 is 0 Å². The molecule has 28 heavy (non-hydrogen) atoms. The Kier molecular flexibility index (Phi) is 5.81. The van der Waals surface area contributed by atoms with Crippen molar-refractivity contribution in [1.82, 2.24) is 5.16 Å². The summed E-state index contributed by atoms with van der Waals surface area (Å²) in [6, 6.07) is 14.0. The molecule has 0 aliphatic heterocycles. The van der Waals surface area contributed by atoms with Crippen molar-refractivity contribution in [3.05, 3.63) is 81.2 Å². The summed E-state index contributed by atoms with van der Waals surface area (Å²) in [5, 5.41) is 17.9. The Morgan fingerprint density at radius 1 is 1.25 bits per heavy atom. The van der Waals surface area contributed by atoms with E-state index in [0.717, 1.165) is 0 Å². The highest BCUT2D eigenvalue weighted by molar-refractivity contribution is 6.30. The number of non-ortho nitro benzene ring substituents is 1. The van der Waals surface area contributed by atoms with Gasteiger partial charge in [0.15, 0.2) is 5.76 Å². The fourth-order valence-corrected chi connectivity index (χ4v) is 2.50. The van der Waals surface area contributed by atoms with Crippen molar-refractivity contribution in [2.75, 3.05) is 5.32 Å². The van der Waals surface area contributed by atoms with Crippen LogP contribution in [0.1, 0.15) is 17.4 Å². The van der Waals surface area contributed by atoms with Crippen molar-refractivity contribution in [2.24, 2.45) is 4.99 Å². The highest BCUT2D eigenvalue weighted by Gasteiger charge is 2.23. The molecule has 0 bridgehead atoms. The average molecular weight is 399 g/mol. The molecule has 1 N–H and O–H groups in total. The SMILES string of the molecule is Cc1cc(C(C=Nc2ccc([N+](=O)[O-])cc2)C(=O)Nc2ccc(Cl)cc2)on1. The number of anilines is 1. The number of aryl methyl sites for hydroxylation is 1. The minimum absolute atomic E-state index is 0.0400. The van der Waals surface area contributed by atoms with Crippen molar-refractivity contribution in [2.45, 2.75) is 12.8 Å². The van der Waals surface area contributed by atoms with E-state index in [4.69, 9.17) is 16.1 Å². The van der Waals surface area contributed by atoms with Gasteiger partial charge in [-0.15, -0.1) is 0 Å². The molecule has 0 aliphatic rings. The third kappa shape index (κ3) is 4.80. The smallest absolute Gasteiger partial charge is 0.269 e. The third-order valence-electron chi connectivity index (χ3n) is 3.78. The molecule has 1 amide bonds. The Labute approximate surface area is 165 Å². The Bertz CT molecular complexity index is 1010. The predicted octanol–water partition coefficient (Wildman–Crippen LogP) is 4.67. The summed E-state index contributed by atoms with van der Waals surface area (Å²) >= 11 is 5.86. The minimum Gasteiger partial charge on any atom is -0.360 e. The minimum atomic E-state index is -0.841. The maximum absolute atomic E-state index is 12.8. The molecule has 1 unspecified atom stereocenters. The maximum atomic E-state index is 12.8. The molecule has 9 heteroatoms. The van der Waals surface area contributed by atoms with E-state index in [1.807, 2.05) is 0 Å². The van der Waals surface area contributed by atoms with Gasteiger partial charge >= 0.3 is 0 Å². The molecule has 3 aromatic rings. The summed E-state index contributed by atoms with van der Waals surface area (Å²) in [6.45, 7) is 1.74. The molecule has 1 aromatic heterocycles. The van der Waals surface area contributed by atoms with Crippen molar-refractivity contribution in [3.8, 4) is 0 Å². The number of aliphatic imine (C=N–C) groups is 1.